The minimum atomic E-state index is 0.688. The van der Waals surface area contributed by atoms with Crippen molar-refractivity contribution >= 4 is 28.6 Å². The van der Waals surface area contributed by atoms with Crippen molar-refractivity contribution in [2.75, 3.05) is 12.4 Å². The predicted octanol–water partition coefficient (Wildman–Crippen LogP) is 3.68. The van der Waals surface area contributed by atoms with Gasteiger partial charge < -0.3 is 4.74 Å². The Morgan fingerprint density at radius 2 is 2.00 bits per heavy atom. The third kappa shape index (κ3) is 4.49. The summed E-state index contributed by atoms with van der Waals surface area (Å²) in [6, 6.07) is 8.14. The third-order valence-corrected chi connectivity index (χ3v) is 3.00. The fraction of sp³-hybridized carbons (Fsp3) is 0.455. The summed E-state index contributed by atoms with van der Waals surface area (Å²) < 4.78 is 6.66. The standard InChI is InChI=1S/C11H15BrOS/c12-11-6-2-1-5-10(11)9-13-7-3-4-8-14/h1-2,5-6,14H,3-4,7-9H2. The summed E-state index contributed by atoms with van der Waals surface area (Å²) in [5.74, 6) is 0.943. The van der Waals surface area contributed by atoms with Gasteiger partial charge in [0, 0.05) is 11.1 Å². The summed E-state index contributed by atoms with van der Waals surface area (Å²) >= 11 is 7.63. The Labute approximate surface area is 99.4 Å². The highest BCUT2D eigenvalue weighted by molar-refractivity contribution is 9.10. The minimum Gasteiger partial charge on any atom is -0.377 e. The van der Waals surface area contributed by atoms with E-state index in [1.54, 1.807) is 0 Å². The van der Waals surface area contributed by atoms with Crippen molar-refractivity contribution < 1.29 is 4.74 Å². The van der Waals surface area contributed by atoms with E-state index in [-0.39, 0.29) is 0 Å². The lowest BCUT2D eigenvalue weighted by molar-refractivity contribution is 0.118. The van der Waals surface area contributed by atoms with Crippen LogP contribution in [0.25, 0.3) is 0 Å². The summed E-state index contributed by atoms with van der Waals surface area (Å²) in [5.41, 5.74) is 1.21. The van der Waals surface area contributed by atoms with E-state index in [1.165, 1.54) is 5.56 Å². The quantitative estimate of drug-likeness (QED) is 0.615. The van der Waals surface area contributed by atoms with Crippen molar-refractivity contribution in [3.63, 3.8) is 0 Å². The fourth-order valence-electron chi connectivity index (χ4n) is 1.11. The number of ether oxygens (including phenoxy) is 1. The molecule has 1 aromatic carbocycles. The minimum absolute atomic E-state index is 0.688. The van der Waals surface area contributed by atoms with Gasteiger partial charge in [-0.05, 0) is 30.2 Å². The molecule has 0 aliphatic carbocycles. The second kappa shape index (κ2) is 7.32. The summed E-state index contributed by atoms with van der Waals surface area (Å²) in [6.07, 6.45) is 2.22. The first-order valence-electron chi connectivity index (χ1n) is 4.76. The molecule has 0 unspecified atom stereocenters. The molecule has 0 radical (unpaired) electrons. The van der Waals surface area contributed by atoms with Crippen LogP contribution in [0.15, 0.2) is 28.7 Å². The number of rotatable bonds is 6. The Bertz CT molecular complexity index is 265. The Hall–Kier alpha value is 0.01000. The van der Waals surface area contributed by atoms with Crippen LogP contribution in [0, 0.1) is 0 Å². The lowest BCUT2D eigenvalue weighted by atomic mass is 10.2. The molecular formula is C11H15BrOS. The smallest absolute Gasteiger partial charge is 0.0727 e. The maximum absolute atomic E-state index is 5.54. The molecule has 1 aromatic rings. The van der Waals surface area contributed by atoms with E-state index < -0.39 is 0 Å². The van der Waals surface area contributed by atoms with Gasteiger partial charge in [0.2, 0.25) is 0 Å². The van der Waals surface area contributed by atoms with Crippen molar-refractivity contribution in [1.29, 1.82) is 0 Å². The van der Waals surface area contributed by atoms with Gasteiger partial charge in [-0.3, -0.25) is 0 Å². The summed E-state index contributed by atoms with van der Waals surface area (Å²) in [7, 11) is 0. The first-order chi connectivity index (χ1) is 6.84. The third-order valence-electron chi connectivity index (χ3n) is 1.91. The van der Waals surface area contributed by atoms with Gasteiger partial charge >= 0.3 is 0 Å². The highest BCUT2D eigenvalue weighted by Gasteiger charge is 1.97. The van der Waals surface area contributed by atoms with Crippen LogP contribution in [-0.2, 0) is 11.3 Å². The van der Waals surface area contributed by atoms with E-state index >= 15 is 0 Å². The maximum atomic E-state index is 5.54. The molecule has 0 atom stereocenters. The van der Waals surface area contributed by atoms with Crippen LogP contribution >= 0.6 is 28.6 Å². The molecule has 14 heavy (non-hydrogen) atoms. The predicted molar refractivity (Wildman–Crippen MR) is 66.9 cm³/mol. The zero-order valence-electron chi connectivity index (χ0n) is 8.08. The van der Waals surface area contributed by atoms with E-state index in [0.29, 0.717) is 6.61 Å². The molecular weight excluding hydrogens is 260 g/mol. The SMILES string of the molecule is SCCCCOCc1ccccc1Br. The highest BCUT2D eigenvalue weighted by atomic mass is 79.9. The van der Waals surface area contributed by atoms with Crippen molar-refractivity contribution in [3.05, 3.63) is 34.3 Å². The van der Waals surface area contributed by atoms with Gasteiger partial charge in [-0.2, -0.15) is 12.6 Å². The zero-order chi connectivity index (χ0) is 10.2. The molecule has 0 aliphatic heterocycles. The number of benzene rings is 1. The molecule has 0 fully saturated rings. The molecule has 0 aliphatic rings. The number of hydrogen-bond donors (Lipinski definition) is 1. The van der Waals surface area contributed by atoms with Crippen LogP contribution < -0.4 is 0 Å². The first kappa shape index (κ1) is 12.1. The van der Waals surface area contributed by atoms with E-state index in [9.17, 15) is 0 Å². The molecule has 0 amide bonds. The lowest BCUT2D eigenvalue weighted by Crippen LogP contribution is -1.96. The molecule has 0 saturated carbocycles. The van der Waals surface area contributed by atoms with Gasteiger partial charge in [0.05, 0.1) is 6.61 Å². The lowest BCUT2D eigenvalue weighted by Gasteiger charge is -2.05. The van der Waals surface area contributed by atoms with E-state index in [2.05, 4.69) is 34.6 Å². The molecule has 0 N–H and O–H groups in total. The number of hydrogen-bond acceptors (Lipinski definition) is 2. The summed E-state index contributed by atoms with van der Waals surface area (Å²) in [6.45, 7) is 1.51. The fourth-order valence-corrected chi connectivity index (χ4v) is 1.74. The molecule has 0 bridgehead atoms. The van der Waals surface area contributed by atoms with Crippen LogP contribution in [-0.4, -0.2) is 12.4 Å². The molecule has 3 heteroatoms. The van der Waals surface area contributed by atoms with E-state index in [1.807, 2.05) is 18.2 Å². The van der Waals surface area contributed by atoms with E-state index in [4.69, 9.17) is 4.74 Å². The van der Waals surface area contributed by atoms with Crippen LogP contribution in [0.1, 0.15) is 18.4 Å². The molecule has 0 heterocycles. The van der Waals surface area contributed by atoms with Crippen molar-refractivity contribution in [1.82, 2.24) is 0 Å². The number of unbranched alkanes of at least 4 members (excludes halogenated alkanes) is 1. The van der Waals surface area contributed by atoms with Gasteiger partial charge in [-0.25, -0.2) is 0 Å². The molecule has 0 spiro atoms. The van der Waals surface area contributed by atoms with Crippen molar-refractivity contribution in [3.8, 4) is 0 Å². The van der Waals surface area contributed by atoms with Crippen LogP contribution in [0.5, 0.6) is 0 Å². The average Bonchev–Trinajstić information content (AvgIpc) is 2.20. The second-order valence-electron chi connectivity index (χ2n) is 3.07. The van der Waals surface area contributed by atoms with Gasteiger partial charge in [-0.15, -0.1) is 0 Å². The molecule has 0 aromatic heterocycles. The summed E-state index contributed by atoms with van der Waals surface area (Å²) in [4.78, 5) is 0. The number of thiol groups is 1. The van der Waals surface area contributed by atoms with Gasteiger partial charge in [0.25, 0.3) is 0 Å². The highest BCUT2D eigenvalue weighted by Crippen LogP contribution is 2.16. The first-order valence-corrected chi connectivity index (χ1v) is 6.19. The Balaban J connectivity index is 2.21. The molecule has 78 valence electrons. The van der Waals surface area contributed by atoms with Gasteiger partial charge in [0.15, 0.2) is 0 Å². The van der Waals surface area contributed by atoms with Crippen molar-refractivity contribution in [2.45, 2.75) is 19.4 Å². The topological polar surface area (TPSA) is 9.23 Å². The Kier molecular flexibility index (Phi) is 6.32. The monoisotopic (exact) mass is 274 g/mol. The molecule has 1 rings (SSSR count). The largest absolute Gasteiger partial charge is 0.377 e. The second-order valence-corrected chi connectivity index (χ2v) is 4.38. The van der Waals surface area contributed by atoms with Gasteiger partial charge in [0.1, 0.15) is 0 Å². The van der Waals surface area contributed by atoms with Crippen LogP contribution in [0.4, 0.5) is 0 Å². The average molecular weight is 275 g/mol. The normalized spacial score (nSPS) is 10.4. The van der Waals surface area contributed by atoms with Crippen molar-refractivity contribution in [2.24, 2.45) is 0 Å². The molecule has 1 nitrogen and oxygen atoms in total. The maximum Gasteiger partial charge on any atom is 0.0727 e. The van der Waals surface area contributed by atoms with Gasteiger partial charge in [-0.1, -0.05) is 34.1 Å². The molecule has 0 saturated heterocycles. The Morgan fingerprint density at radius 3 is 2.71 bits per heavy atom. The Morgan fingerprint density at radius 1 is 1.21 bits per heavy atom. The van der Waals surface area contributed by atoms with E-state index in [0.717, 1.165) is 29.7 Å². The van der Waals surface area contributed by atoms with Crippen LogP contribution in [0.3, 0.4) is 0 Å². The summed E-state index contributed by atoms with van der Waals surface area (Å²) in [5, 5.41) is 0. The number of halogens is 1. The zero-order valence-corrected chi connectivity index (χ0v) is 10.6. The van der Waals surface area contributed by atoms with Crippen LogP contribution in [0.2, 0.25) is 0 Å².